The van der Waals surface area contributed by atoms with Crippen LogP contribution in [0.4, 0.5) is 0 Å². The lowest BCUT2D eigenvalue weighted by Crippen LogP contribution is -2.25. The number of hydrogen-bond acceptors (Lipinski definition) is 4. The highest BCUT2D eigenvalue weighted by Crippen LogP contribution is 2.08. The molecule has 4 nitrogen and oxygen atoms in total. The van der Waals surface area contributed by atoms with Crippen molar-refractivity contribution in [3.8, 4) is 0 Å². The number of aryl methyl sites for hydroxylation is 1. The standard InChI is InChI=1S/C11H12N2O2S/c1-8-7-10(15-13-8)11(14)12-5-4-9-3-2-6-16-9/h2-3,6-7H,4-5H2,1H3,(H,12,14). The molecule has 1 amide bonds. The third kappa shape index (κ3) is 2.70. The summed E-state index contributed by atoms with van der Waals surface area (Å²) in [6.07, 6.45) is 0.844. The van der Waals surface area contributed by atoms with E-state index < -0.39 is 0 Å². The van der Waals surface area contributed by atoms with Gasteiger partial charge in [-0.2, -0.15) is 0 Å². The zero-order valence-electron chi connectivity index (χ0n) is 8.90. The van der Waals surface area contributed by atoms with E-state index in [1.807, 2.05) is 11.4 Å². The second-order valence-electron chi connectivity index (χ2n) is 3.42. The minimum atomic E-state index is -0.211. The summed E-state index contributed by atoms with van der Waals surface area (Å²) in [5.74, 6) is 0.0563. The van der Waals surface area contributed by atoms with Gasteiger partial charge in [0.05, 0.1) is 5.69 Å². The van der Waals surface area contributed by atoms with Crippen molar-refractivity contribution in [2.75, 3.05) is 6.54 Å². The minimum Gasteiger partial charge on any atom is -0.351 e. The zero-order chi connectivity index (χ0) is 11.4. The van der Waals surface area contributed by atoms with Gasteiger partial charge in [-0.1, -0.05) is 11.2 Å². The van der Waals surface area contributed by atoms with Crippen LogP contribution < -0.4 is 5.32 Å². The van der Waals surface area contributed by atoms with Gasteiger partial charge in [-0.05, 0) is 24.8 Å². The monoisotopic (exact) mass is 236 g/mol. The van der Waals surface area contributed by atoms with Gasteiger partial charge in [-0.15, -0.1) is 11.3 Å². The Hall–Kier alpha value is -1.62. The highest BCUT2D eigenvalue weighted by molar-refractivity contribution is 7.09. The van der Waals surface area contributed by atoms with E-state index in [1.54, 1.807) is 24.3 Å². The fourth-order valence-corrected chi connectivity index (χ4v) is 2.02. The highest BCUT2D eigenvalue weighted by Gasteiger charge is 2.10. The summed E-state index contributed by atoms with van der Waals surface area (Å²) in [5, 5.41) is 8.47. The molecule has 0 aliphatic heterocycles. The van der Waals surface area contributed by atoms with Crippen LogP contribution in [0.2, 0.25) is 0 Å². The van der Waals surface area contributed by atoms with Crippen molar-refractivity contribution in [1.82, 2.24) is 10.5 Å². The summed E-state index contributed by atoms with van der Waals surface area (Å²) in [6.45, 7) is 2.39. The van der Waals surface area contributed by atoms with Gasteiger partial charge >= 0.3 is 0 Å². The topological polar surface area (TPSA) is 55.1 Å². The molecule has 0 bridgehead atoms. The van der Waals surface area contributed by atoms with Crippen molar-refractivity contribution in [2.24, 2.45) is 0 Å². The van der Waals surface area contributed by atoms with E-state index in [4.69, 9.17) is 4.52 Å². The largest absolute Gasteiger partial charge is 0.351 e. The lowest BCUT2D eigenvalue weighted by atomic mass is 10.3. The maximum absolute atomic E-state index is 11.5. The quantitative estimate of drug-likeness (QED) is 0.883. The number of nitrogens with one attached hydrogen (secondary N) is 1. The number of thiophene rings is 1. The average Bonchev–Trinajstić information content (AvgIpc) is 2.89. The summed E-state index contributed by atoms with van der Waals surface area (Å²) >= 11 is 1.69. The second-order valence-corrected chi connectivity index (χ2v) is 4.45. The smallest absolute Gasteiger partial charge is 0.289 e. The molecule has 0 aliphatic carbocycles. The first-order valence-corrected chi connectivity index (χ1v) is 5.87. The predicted octanol–water partition coefficient (Wildman–Crippen LogP) is 2.02. The number of hydrogen-bond donors (Lipinski definition) is 1. The average molecular weight is 236 g/mol. The first-order valence-electron chi connectivity index (χ1n) is 4.99. The molecule has 0 atom stereocenters. The highest BCUT2D eigenvalue weighted by atomic mass is 32.1. The van der Waals surface area contributed by atoms with Crippen molar-refractivity contribution < 1.29 is 9.32 Å². The Bertz CT molecular complexity index is 462. The molecule has 2 aromatic heterocycles. The third-order valence-corrected chi connectivity index (χ3v) is 3.02. The van der Waals surface area contributed by atoms with Gasteiger partial charge in [-0.25, -0.2) is 0 Å². The van der Waals surface area contributed by atoms with Gasteiger partial charge in [0.25, 0.3) is 5.91 Å². The van der Waals surface area contributed by atoms with E-state index in [9.17, 15) is 4.79 Å². The number of nitrogens with zero attached hydrogens (tertiary/aromatic N) is 1. The van der Waals surface area contributed by atoms with Crippen LogP contribution in [-0.4, -0.2) is 17.6 Å². The summed E-state index contributed by atoms with van der Waals surface area (Å²) in [4.78, 5) is 12.8. The van der Waals surface area contributed by atoms with E-state index in [1.165, 1.54) is 4.88 Å². The first-order chi connectivity index (χ1) is 7.75. The van der Waals surface area contributed by atoms with Gasteiger partial charge in [0.2, 0.25) is 5.76 Å². The Morgan fingerprint density at radius 1 is 1.62 bits per heavy atom. The van der Waals surface area contributed by atoms with Crippen LogP contribution in [0.25, 0.3) is 0 Å². The number of amides is 1. The number of carbonyl (C=O) groups is 1. The minimum absolute atomic E-state index is 0.211. The van der Waals surface area contributed by atoms with E-state index in [-0.39, 0.29) is 11.7 Å². The molecule has 1 N–H and O–H groups in total. The van der Waals surface area contributed by atoms with Crippen molar-refractivity contribution in [3.63, 3.8) is 0 Å². The molecular formula is C11H12N2O2S. The molecule has 2 rings (SSSR count). The van der Waals surface area contributed by atoms with Crippen molar-refractivity contribution >= 4 is 17.2 Å². The summed E-state index contributed by atoms with van der Waals surface area (Å²) in [6, 6.07) is 5.68. The molecule has 0 aliphatic rings. The molecule has 0 saturated heterocycles. The molecule has 5 heteroatoms. The Labute approximate surface area is 97.3 Å². The molecule has 2 heterocycles. The van der Waals surface area contributed by atoms with Crippen molar-refractivity contribution in [3.05, 3.63) is 39.9 Å². The van der Waals surface area contributed by atoms with E-state index in [2.05, 4.69) is 16.5 Å². The van der Waals surface area contributed by atoms with Crippen molar-refractivity contribution in [1.29, 1.82) is 0 Å². The van der Waals surface area contributed by atoms with Gasteiger partial charge in [0.15, 0.2) is 0 Å². The number of carbonyl (C=O) groups excluding carboxylic acids is 1. The molecule has 16 heavy (non-hydrogen) atoms. The first kappa shape index (κ1) is 10.9. The summed E-state index contributed by atoms with van der Waals surface area (Å²) in [5.41, 5.74) is 0.711. The Kier molecular flexibility index (Phi) is 3.36. The van der Waals surface area contributed by atoms with Crippen molar-refractivity contribution in [2.45, 2.75) is 13.3 Å². The predicted molar refractivity (Wildman–Crippen MR) is 61.6 cm³/mol. The molecule has 0 spiro atoms. The zero-order valence-corrected chi connectivity index (χ0v) is 9.71. The Morgan fingerprint density at radius 3 is 3.12 bits per heavy atom. The normalized spacial score (nSPS) is 10.3. The maximum Gasteiger partial charge on any atom is 0.289 e. The Morgan fingerprint density at radius 2 is 2.50 bits per heavy atom. The molecule has 0 radical (unpaired) electrons. The van der Waals surface area contributed by atoms with Crippen LogP contribution in [-0.2, 0) is 6.42 Å². The molecule has 0 aromatic carbocycles. The van der Waals surface area contributed by atoms with Gasteiger partial charge in [0.1, 0.15) is 0 Å². The van der Waals surface area contributed by atoms with Crippen LogP contribution in [0, 0.1) is 6.92 Å². The molecule has 0 saturated carbocycles. The summed E-state index contributed by atoms with van der Waals surface area (Å²) < 4.78 is 4.85. The number of aromatic nitrogens is 1. The van der Waals surface area contributed by atoms with E-state index in [0.29, 0.717) is 12.2 Å². The molecule has 0 fully saturated rings. The second kappa shape index (κ2) is 4.94. The van der Waals surface area contributed by atoms with Crippen LogP contribution >= 0.6 is 11.3 Å². The fraction of sp³-hybridized carbons (Fsp3) is 0.273. The van der Waals surface area contributed by atoms with Crippen LogP contribution in [0.1, 0.15) is 21.1 Å². The third-order valence-electron chi connectivity index (χ3n) is 2.09. The van der Waals surface area contributed by atoms with Crippen LogP contribution in [0.3, 0.4) is 0 Å². The van der Waals surface area contributed by atoms with Gasteiger partial charge < -0.3 is 9.84 Å². The molecule has 2 aromatic rings. The van der Waals surface area contributed by atoms with Gasteiger partial charge in [-0.3, -0.25) is 4.79 Å². The molecule has 0 unspecified atom stereocenters. The molecular weight excluding hydrogens is 224 g/mol. The van der Waals surface area contributed by atoms with Crippen LogP contribution in [0.5, 0.6) is 0 Å². The summed E-state index contributed by atoms with van der Waals surface area (Å²) in [7, 11) is 0. The van der Waals surface area contributed by atoms with Gasteiger partial charge in [0, 0.05) is 17.5 Å². The number of rotatable bonds is 4. The van der Waals surface area contributed by atoms with E-state index >= 15 is 0 Å². The van der Waals surface area contributed by atoms with E-state index in [0.717, 1.165) is 6.42 Å². The lowest BCUT2D eigenvalue weighted by Gasteiger charge is -2.00. The lowest BCUT2D eigenvalue weighted by molar-refractivity contribution is 0.0917. The molecule has 84 valence electrons. The Balaban J connectivity index is 1.80. The fourth-order valence-electron chi connectivity index (χ4n) is 1.31. The van der Waals surface area contributed by atoms with Crippen LogP contribution in [0.15, 0.2) is 28.1 Å². The SMILES string of the molecule is Cc1cc(C(=O)NCCc2cccs2)on1. The maximum atomic E-state index is 11.5.